The van der Waals surface area contributed by atoms with E-state index in [2.05, 4.69) is 16.0 Å². The molecule has 0 spiro atoms. The number of amides is 4. The van der Waals surface area contributed by atoms with E-state index in [9.17, 15) is 24.0 Å². The zero-order chi connectivity index (χ0) is 41.7. The first-order chi connectivity index (χ1) is 25.9. The Balaban J connectivity index is 2.33. The summed E-state index contributed by atoms with van der Waals surface area (Å²) >= 11 is 0. The molecule has 14 nitrogen and oxygen atoms in total. The number of ketones is 1. The van der Waals surface area contributed by atoms with Crippen molar-refractivity contribution in [1.29, 1.82) is 0 Å². The molecule has 1 heterocycles. The Morgan fingerprint density at radius 1 is 0.891 bits per heavy atom. The summed E-state index contributed by atoms with van der Waals surface area (Å²) in [7, 11) is 9.57. The number of hydrogen-bond acceptors (Lipinski definition) is 10. The zero-order valence-corrected chi connectivity index (χ0v) is 35.6. The Morgan fingerprint density at radius 3 is 2.04 bits per heavy atom. The molecule has 1 aliphatic heterocycles. The van der Waals surface area contributed by atoms with Gasteiger partial charge >= 0.3 is 0 Å². The SMILES string of the molecule is CC[C@H](C)[C@@H]([C@H](CC(=O)N1C[C@H](OC)C[C@@H]1[C@H](OC)[C@@H](C)C(=O)N[C@H](C)C(=O)c1cccc(OC)c1)OC)N(C)C(=O)[C@@H](NC(=O)[C@@H](NC)C(C)C)C(C)C. The van der Waals surface area contributed by atoms with Gasteiger partial charge in [0.15, 0.2) is 5.78 Å². The molecule has 1 aromatic rings. The average molecular weight is 776 g/mol. The lowest BCUT2D eigenvalue weighted by atomic mass is 9.89. The predicted molar refractivity (Wildman–Crippen MR) is 212 cm³/mol. The van der Waals surface area contributed by atoms with Gasteiger partial charge in [-0.2, -0.15) is 0 Å². The van der Waals surface area contributed by atoms with Crippen molar-refractivity contribution in [3.05, 3.63) is 29.8 Å². The minimum atomic E-state index is -0.823. The predicted octanol–water partition coefficient (Wildman–Crippen LogP) is 3.31. The van der Waals surface area contributed by atoms with Gasteiger partial charge in [0.25, 0.3) is 0 Å². The van der Waals surface area contributed by atoms with Crippen LogP contribution in [0.3, 0.4) is 0 Å². The average Bonchev–Trinajstić information content (AvgIpc) is 3.60. The monoisotopic (exact) mass is 776 g/mol. The summed E-state index contributed by atoms with van der Waals surface area (Å²) < 4.78 is 22.9. The maximum atomic E-state index is 14.4. The molecule has 10 atom stereocenters. The van der Waals surface area contributed by atoms with Gasteiger partial charge in [0.2, 0.25) is 23.6 Å². The van der Waals surface area contributed by atoms with Gasteiger partial charge in [-0.05, 0) is 50.3 Å². The van der Waals surface area contributed by atoms with Gasteiger partial charge in [-0.25, -0.2) is 0 Å². The number of carbonyl (C=O) groups is 5. The number of carbonyl (C=O) groups excluding carboxylic acids is 5. The number of benzene rings is 1. The highest BCUT2D eigenvalue weighted by Crippen LogP contribution is 2.31. The third-order valence-electron chi connectivity index (χ3n) is 11.2. The maximum Gasteiger partial charge on any atom is 0.245 e. The quantitative estimate of drug-likeness (QED) is 0.149. The molecule has 1 aromatic carbocycles. The van der Waals surface area contributed by atoms with Crippen molar-refractivity contribution in [3.63, 3.8) is 0 Å². The molecule has 0 radical (unpaired) electrons. The molecule has 4 amide bonds. The van der Waals surface area contributed by atoms with E-state index in [0.29, 0.717) is 24.2 Å². The second-order valence-corrected chi connectivity index (χ2v) is 15.6. The van der Waals surface area contributed by atoms with E-state index in [1.165, 1.54) is 21.3 Å². The number of methoxy groups -OCH3 is 4. The van der Waals surface area contributed by atoms with E-state index < -0.39 is 54.2 Å². The van der Waals surface area contributed by atoms with Crippen molar-refractivity contribution in [1.82, 2.24) is 25.8 Å². The molecule has 0 aromatic heterocycles. The van der Waals surface area contributed by atoms with Gasteiger partial charge < -0.3 is 44.7 Å². The van der Waals surface area contributed by atoms with Crippen molar-refractivity contribution in [2.24, 2.45) is 23.7 Å². The van der Waals surface area contributed by atoms with Crippen LogP contribution in [-0.2, 0) is 33.4 Å². The van der Waals surface area contributed by atoms with Crippen LogP contribution in [0, 0.1) is 23.7 Å². The number of Topliss-reactive ketones (excluding diaryl/α,β-unsaturated/α-hetero) is 1. The minimum Gasteiger partial charge on any atom is -0.497 e. The first-order valence-corrected chi connectivity index (χ1v) is 19.5. The van der Waals surface area contributed by atoms with Gasteiger partial charge in [-0.1, -0.05) is 67.0 Å². The minimum absolute atomic E-state index is 0.0158. The number of ether oxygens (including phenoxy) is 4. The van der Waals surface area contributed by atoms with E-state index in [4.69, 9.17) is 18.9 Å². The highest BCUT2D eigenvalue weighted by Gasteiger charge is 2.46. The van der Waals surface area contributed by atoms with Gasteiger partial charge in [0.1, 0.15) is 11.8 Å². The van der Waals surface area contributed by atoms with Gasteiger partial charge in [0.05, 0.1) is 61.9 Å². The van der Waals surface area contributed by atoms with Crippen LogP contribution in [0.1, 0.15) is 85.0 Å². The van der Waals surface area contributed by atoms with E-state index in [1.807, 2.05) is 41.5 Å². The molecule has 312 valence electrons. The summed E-state index contributed by atoms with van der Waals surface area (Å²) in [5.41, 5.74) is 0.410. The summed E-state index contributed by atoms with van der Waals surface area (Å²) in [5.74, 6) is -1.86. The van der Waals surface area contributed by atoms with Crippen LogP contribution in [0.5, 0.6) is 5.75 Å². The molecule has 55 heavy (non-hydrogen) atoms. The Bertz CT molecular complexity index is 1420. The van der Waals surface area contributed by atoms with Crippen molar-refractivity contribution < 1.29 is 42.9 Å². The molecule has 3 N–H and O–H groups in total. The molecule has 1 aliphatic rings. The number of rotatable bonds is 22. The lowest BCUT2D eigenvalue weighted by Gasteiger charge is -2.41. The molecule has 2 rings (SSSR count). The van der Waals surface area contributed by atoms with Gasteiger partial charge in [0, 0.05) is 40.5 Å². The first-order valence-electron chi connectivity index (χ1n) is 19.5. The summed E-state index contributed by atoms with van der Waals surface area (Å²) in [6.45, 7) is 15.3. The van der Waals surface area contributed by atoms with Crippen LogP contribution in [0.25, 0.3) is 0 Å². The molecule has 0 unspecified atom stereocenters. The van der Waals surface area contributed by atoms with Crippen molar-refractivity contribution in [3.8, 4) is 5.75 Å². The van der Waals surface area contributed by atoms with Gasteiger partial charge in [-0.3, -0.25) is 24.0 Å². The van der Waals surface area contributed by atoms with E-state index in [0.717, 1.165) is 0 Å². The Morgan fingerprint density at radius 2 is 1.53 bits per heavy atom. The van der Waals surface area contributed by atoms with E-state index >= 15 is 0 Å². The fraction of sp³-hybridized carbons (Fsp3) is 0.732. The summed E-state index contributed by atoms with van der Waals surface area (Å²) in [5, 5.41) is 8.85. The number of likely N-dealkylation sites (tertiary alicyclic amines) is 1. The Labute approximate surface area is 329 Å². The molecular formula is C41H69N5O9. The Kier molecular flexibility index (Phi) is 19.2. The number of likely N-dealkylation sites (N-methyl/N-ethyl adjacent to an activating group) is 2. The summed E-state index contributed by atoms with van der Waals surface area (Å²) in [6, 6.07) is 3.65. The fourth-order valence-electron chi connectivity index (χ4n) is 7.64. The standard InChI is InChI=1S/C41H69N5O9/c1-15-25(6)36(45(10)41(51)35(24(4)5)44-40(50)34(42-9)23(2)3)32(54-13)21-33(47)46-22-30(53-12)20-31(46)38(55-14)26(7)39(49)43-27(8)37(48)28-17-16-18-29(19-28)52-11/h16-19,23-27,30-32,34-36,38,42H,15,20-22H2,1-14H3,(H,43,49)(H,44,50)/t25-,26+,27+,30+,31+,32-,34-,35-,36-,38+/m0/s1. The fourth-order valence-corrected chi connectivity index (χ4v) is 7.64. The van der Waals surface area contributed by atoms with Crippen LogP contribution in [0.15, 0.2) is 24.3 Å². The van der Waals surface area contributed by atoms with Crippen molar-refractivity contribution in [2.45, 2.75) is 123 Å². The third-order valence-corrected chi connectivity index (χ3v) is 11.2. The van der Waals surface area contributed by atoms with Crippen LogP contribution >= 0.6 is 0 Å². The van der Waals surface area contributed by atoms with Gasteiger partial charge in [-0.15, -0.1) is 0 Å². The van der Waals surface area contributed by atoms with Crippen LogP contribution in [-0.4, -0.2) is 137 Å². The molecule has 0 aliphatic carbocycles. The van der Waals surface area contributed by atoms with E-state index in [1.54, 1.807) is 69.1 Å². The second kappa shape index (κ2) is 22.2. The molecule has 1 fully saturated rings. The highest BCUT2D eigenvalue weighted by molar-refractivity contribution is 6.02. The molecule has 1 saturated heterocycles. The summed E-state index contributed by atoms with van der Waals surface area (Å²) in [4.78, 5) is 71.9. The van der Waals surface area contributed by atoms with Crippen LogP contribution in [0.4, 0.5) is 0 Å². The molecule has 0 bridgehead atoms. The highest BCUT2D eigenvalue weighted by atomic mass is 16.5. The van der Waals surface area contributed by atoms with E-state index in [-0.39, 0.29) is 60.3 Å². The Hall–Kier alpha value is -3.59. The normalized spacial score (nSPS) is 20.2. The van der Waals surface area contributed by atoms with Crippen LogP contribution < -0.4 is 20.7 Å². The zero-order valence-electron chi connectivity index (χ0n) is 35.6. The lowest BCUT2D eigenvalue weighted by Crippen LogP contribution is -2.59. The number of hydrogen-bond donors (Lipinski definition) is 3. The molecular weight excluding hydrogens is 706 g/mol. The maximum absolute atomic E-state index is 14.4. The smallest absolute Gasteiger partial charge is 0.245 e. The van der Waals surface area contributed by atoms with Crippen molar-refractivity contribution in [2.75, 3.05) is 49.1 Å². The topological polar surface area (TPSA) is 165 Å². The number of nitrogens with zero attached hydrogens (tertiary/aromatic N) is 2. The van der Waals surface area contributed by atoms with Crippen molar-refractivity contribution >= 4 is 29.4 Å². The molecule has 14 heteroatoms. The lowest BCUT2D eigenvalue weighted by molar-refractivity contribution is -0.148. The van der Waals surface area contributed by atoms with Crippen LogP contribution in [0.2, 0.25) is 0 Å². The molecule has 0 saturated carbocycles. The largest absolute Gasteiger partial charge is 0.497 e. The second-order valence-electron chi connectivity index (χ2n) is 15.6. The first kappa shape index (κ1) is 47.6. The third kappa shape index (κ3) is 12.2. The summed E-state index contributed by atoms with van der Waals surface area (Å²) in [6.07, 6.45) is -0.614. The number of nitrogens with one attached hydrogen (secondary N) is 3.